The molecule has 0 aliphatic carbocycles. The molecule has 1 aromatic carbocycles. The van der Waals surface area contributed by atoms with Crippen LogP contribution in [-0.4, -0.2) is 49.2 Å². The smallest absolute Gasteiger partial charge is 0.419 e. The van der Waals surface area contributed by atoms with Gasteiger partial charge in [0.05, 0.1) is 24.8 Å². The molecule has 0 radical (unpaired) electrons. The molecule has 0 aromatic heterocycles. The van der Waals surface area contributed by atoms with E-state index in [4.69, 9.17) is 20.9 Å². The molecule has 1 unspecified atom stereocenters. The van der Waals surface area contributed by atoms with Crippen molar-refractivity contribution in [3.8, 4) is 5.75 Å². The molecule has 0 amide bonds. The van der Waals surface area contributed by atoms with E-state index in [1.807, 2.05) is 0 Å². The summed E-state index contributed by atoms with van der Waals surface area (Å²) in [7, 11) is 0. The van der Waals surface area contributed by atoms with Crippen molar-refractivity contribution in [3.05, 3.63) is 41.6 Å². The van der Waals surface area contributed by atoms with Gasteiger partial charge in [0.15, 0.2) is 0 Å². The second-order valence-corrected chi connectivity index (χ2v) is 7.53. The van der Waals surface area contributed by atoms with E-state index in [-0.39, 0.29) is 23.3 Å². The molecule has 0 bridgehead atoms. The van der Waals surface area contributed by atoms with Crippen LogP contribution in [0.1, 0.15) is 24.0 Å². The van der Waals surface area contributed by atoms with Crippen molar-refractivity contribution >= 4 is 5.84 Å². The number of rotatable bonds is 4. The van der Waals surface area contributed by atoms with Gasteiger partial charge in [-0.15, -0.1) is 0 Å². The van der Waals surface area contributed by atoms with E-state index in [0.29, 0.717) is 18.9 Å². The average Bonchev–Trinajstić information content (AvgIpc) is 2.61. The monoisotopic (exact) mass is 411 g/mol. The Morgan fingerprint density at radius 2 is 1.97 bits per heavy atom. The third kappa shape index (κ3) is 4.19. The number of hydrogen-bond acceptors (Lipinski definition) is 7. The van der Waals surface area contributed by atoms with E-state index in [1.54, 1.807) is 0 Å². The molecule has 3 aliphatic rings. The van der Waals surface area contributed by atoms with Gasteiger partial charge < -0.3 is 20.5 Å². The molecule has 1 aromatic rings. The molecule has 1 atom stereocenters. The molecule has 0 saturated carbocycles. The number of piperidine rings is 1. The second-order valence-electron chi connectivity index (χ2n) is 7.53. The van der Waals surface area contributed by atoms with Crippen LogP contribution in [0.5, 0.6) is 5.75 Å². The maximum Gasteiger partial charge on any atom is 0.419 e. The zero-order valence-electron chi connectivity index (χ0n) is 15.8. The maximum atomic E-state index is 13.7. The van der Waals surface area contributed by atoms with Gasteiger partial charge in [0.1, 0.15) is 17.7 Å². The van der Waals surface area contributed by atoms with Crippen LogP contribution < -0.4 is 21.5 Å². The van der Waals surface area contributed by atoms with E-state index in [2.05, 4.69) is 15.2 Å². The van der Waals surface area contributed by atoms with Crippen molar-refractivity contribution < 1.29 is 22.6 Å². The summed E-state index contributed by atoms with van der Waals surface area (Å²) in [6, 6.07) is 4.18. The third-order valence-corrected chi connectivity index (χ3v) is 5.50. The predicted molar refractivity (Wildman–Crippen MR) is 101 cm³/mol. The van der Waals surface area contributed by atoms with Crippen molar-refractivity contribution in [3.63, 3.8) is 0 Å². The molecule has 29 heavy (non-hydrogen) atoms. The fourth-order valence-corrected chi connectivity index (χ4v) is 3.74. The molecule has 3 heterocycles. The fraction of sp³-hybridized carbons (Fsp3) is 0.526. The van der Waals surface area contributed by atoms with Crippen molar-refractivity contribution in [2.45, 2.75) is 37.0 Å². The number of ether oxygens (including phenoxy) is 2. The first kappa shape index (κ1) is 20.0. The first-order valence-corrected chi connectivity index (χ1v) is 9.53. The lowest BCUT2D eigenvalue weighted by molar-refractivity contribution is -0.139. The minimum atomic E-state index is -4.59. The van der Waals surface area contributed by atoms with Crippen LogP contribution in [0.3, 0.4) is 0 Å². The fourth-order valence-electron chi connectivity index (χ4n) is 3.74. The van der Waals surface area contributed by atoms with Gasteiger partial charge in [0.25, 0.3) is 0 Å². The Kier molecular flexibility index (Phi) is 5.18. The Bertz CT molecular complexity index is 817. The predicted octanol–water partition coefficient (Wildman–Crippen LogP) is 1.49. The Morgan fingerprint density at radius 3 is 2.55 bits per heavy atom. The molecule has 158 valence electrons. The number of nitrogens with two attached hydrogens (primary N) is 2. The summed E-state index contributed by atoms with van der Waals surface area (Å²) >= 11 is 0. The second kappa shape index (κ2) is 7.51. The number of halogens is 3. The van der Waals surface area contributed by atoms with Crippen LogP contribution in [0.25, 0.3) is 0 Å². The highest BCUT2D eigenvalue weighted by molar-refractivity contribution is 5.92. The highest BCUT2D eigenvalue weighted by Crippen LogP contribution is 2.39. The first-order chi connectivity index (χ1) is 13.7. The van der Waals surface area contributed by atoms with Crippen molar-refractivity contribution in [1.82, 2.24) is 10.2 Å². The summed E-state index contributed by atoms with van der Waals surface area (Å²) in [5.41, 5.74) is 11.0. The van der Waals surface area contributed by atoms with Crippen LogP contribution in [0.15, 0.2) is 35.5 Å². The van der Waals surface area contributed by atoms with Crippen molar-refractivity contribution in [1.29, 1.82) is 0 Å². The molecule has 3 aliphatic heterocycles. The molecule has 4 rings (SSSR count). The van der Waals surface area contributed by atoms with Gasteiger partial charge in [0.2, 0.25) is 5.79 Å². The van der Waals surface area contributed by atoms with Gasteiger partial charge in [0, 0.05) is 24.9 Å². The number of likely N-dealkylation sites (tertiary alicyclic amines) is 1. The van der Waals surface area contributed by atoms with E-state index in [9.17, 15) is 13.2 Å². The molecule has 2 saturated heterocycles. The summed E-state index contributed by atoms with van der Waals surface area (Å²) in [5.74, 6) is -1.63. The first-order valence-electron chi connectivity index (χ1n) is 9.53. The number of benzene rings is 1. The molecule has 2 fully saturated rings. The maximum absolute atomic E-state index is 13.7. The van der Waals surface area contributed by atoms with Gasteiger partial charge in [-0.05, 0) is 37.1 Å². The van der Waals surface area contributed by atoms with Crippen LogP contribution in [0.4, 0.5) is 13.2 Å². The zero-order chi connectivity index (χ0) is 20.6. The number of alkyl halides is 3. The van der Waals surface area contributed by atoms with Crippen LogP contribution in [0, 0.1) is 0 Å². The summed E-state index contributed by atoms with van der Waals surface area (Å²) in [6.45, 7) is 3.02. The normalized spacial score (nSPS) is 26.6. The lowest BCUT2D eigenvalue weighted by Gasteiger charge is -2.41. The largest absolute Gasteiger partial charge is 0.490 e. The molecule has 0 spiro atoms. The molecular formula is C19H24F3N5O2. The summed E-state index contributed by atoms with van der Waals surface area (Å²) in [4.78, 5) is 6.35. The molecular weight excluding hydrogens is 387 g/mol. The van der Waals surface area contributed by atoms with E-state index < -0.39 is 17.5 Å². The lowest BCUT2D eigenvalue weighted by atomic mass is 10.0. The van der Waals surface area contributed by atoms with E-state index in [0.717, 1.165) is 32.4 Å². The minimum absolute atomic E-state index is 0.128. The molecule has 10 heteroatoms. The Labute approximate surface area is 166 Å². The third-order valence-electron chi connectivity index (χ3n) is 5.50. The van der Waals surface area contributed by atoms with Crippen LogP contribution in [-0.2, 0) is 16.7 Å². The highest BCUT2D eigenvalue weighted by Gasteiger charge is 2.38. The average molecular weight is 411 g/mol. The van der Waals surface area contributed by atoms with E-state index >= 15 is 0 Å². The van der Waals surface area contributed by atoms with Gasteiger partial charge in [-0.2, -0.15) is 13.2 Å². The van der Waals surface area contributed by atoms with Gasteiger partial charge in [-0.1, -0.05) is 0 Å². The van der Waals surface area contributed by atoms with E-state index in [1.165, 1.54) is 24.4 Å². The van der Waals surface area contributed by atoms with Crippen LogP contribution in [0.2, 0.25) is 0 Å². The SMILES string of the molecule is NC1=NC(N)(c2ccc(OC3CCN(C4COC4)CC3)c(C(F)(F)F)c2)NC=C1. The Balaban J connectivity index is 1.52. The highest BCUT2D eigenvalue weighted by atomic mass is 19.4. The topological polar surface area (TPSA) is 98.1 Å². The summed E-state index contributed by atoms with van der Waals surface area (Å²) in [5, 5.41) is 2.75. The summed E-state index contributed by atoms with van der Waals surface area (Å²) in [6.07, 6.45) is -0.579. The number of nitrogens with one attached hydrogen (secondary N) is 1. The molecule has 5 N–H and O–H groups in total. The zero-order valence-corrected chi connectivity index (χ0v) is 15.8. The standard InChI is InChI=1S/C19H24F3N5O2/c20-18(21,22)15-9-12(19(24)25-6-3-17(23)26-19)1-2-16(15)29-14-4-7-27(8-5-14)13-10-28-11-13/h1-3,6,9,13-14,25H,4-5,7-8,10-11,24H2,(H2,23,26). The number of nitrogens with zero attached hydrogens (tertiary/aromatic N) is 2. The Morgan fingerprint density at radius 1 is 1.24 bits per heavy atom. The van der Waals surface area contributed by atoms with Crippen molar-refractivity contribution in [2.75, 3.05) is 26.3 Å². The van der Waals surface area contributed by atoms with Gasteiger partial charge in [-0.25, -0.2) is 4.99 Å². The number of hydrogen-bond donors (Lipinski definition) is 3. The lowest BCUT2D eigenvalue weighted by Crippen LogP contribution is -2.53. The van der Waals surface area contributed by atoms with Crippen molar-refractivity contribution in [2.24, 2.45) is 16.5 Å². The quantitative estimate of drug-likeness (QED) is 0.695. The number of amidine groups is 1. The Hall–Kier alpha value is -2.30. The van der Waals surface area contributed by atoms with Gasteiger partial charge in [-0.3, -0.25) is 10.6 Å². The summed E-state index contributed by atoms with van der Waals surface area (Å²) < 4.78 is 52.2. The molecule has 7 nitrogen and oxygen atoms in total. The minimum Gasteiger partial charge on any atom is -0.490 e. The number of aliphatic imine (C=N–C) groups is 1. The van der Waals surface area contributed by atoms with Crippen LogP contribution >= 0.6 is 0 Å². The van der Waals surface area contributed by atoms with Gasteiger partial charge >= 0.3 is 6.18 Å².